The number of carbonyl (C=O) groups excluding carboxylic acids is 1. The number of aryl methyl sites for hydroxylation is 1. The Bertz CT molecular complexity index is 605. The second-order valence-electron chi connectivity index (χ2n) is 4.04. The number of unbranched alkanes of at least 4 members (excludes halogenated alkanes) is 1. The number of rotatable bonds is 6. The van der Waals surface area contributed by atoms with Gasteiger partial charge in [0.25, 0.3) is 5.56 Å². The van der Waals surface area contributed by atoms with Crippen molar-refractivity contribution in [1.29, 1.82) is 0 Å². The highest BCUT2D eigenvalue weighted by Gasteiger charge is 2.06. The third-order valence-electron chi connectivity index (χ3n) is 2.66. The van der Waals surface area contributed by atoms with Crippen molar-refractivity contribution in [2.24, 2.45) is 0 Å². The Labute approximate surface area is 113 Å². The molecule has 2 aromatic rings. The number of H-pyrrole nitrogens is 1. The van der Waals surface area contributed by atoms with Crippen LogP contribution in [0.3, 0.4) is 0 Å². The Morgan fingerprint density at radius 1 is 1.44 bits per heavy atom. The van der Waals surface area contributed by atoms with E-state index < -0.39 is 0 Å². The number of Topliss-reactive ketones (excluding diaryl/α,β-unsaturated/α-hetero) is 1. The maximum atomic E-state index is 11.5. The standard InChI is InChI=1S/C12H13ClN2O2S/c13-6-8(16)3-1-2-4-9-5-10-11(17)14-7-15-12(10)18-9/h5,7H,1-4,6H2,(H,14,15,17). The third-order valence-corrected chi connectivity index (χ3v) is 4.06. The molecule has 0 aliphatic heterocycles. The molecule has 0 radical (unpaired) electrons. The van der Waals surface area contributed by atoms with Crippen LogP contribution in [0.25, 0.3) is 10.2 Å². The van der Waals surface area contributed by atoms with Crippen molar-refractivity contribution in [2.45, 2.75) is 25.7 Å². The maximum Gasteiger partial charge on any atom is 0.259 e. The SMILES string of the molecule is O=C(CCl)CCCCc1cc2c(=O)[nH]cnc2s1. The second kappa shape index (κ2) is 6.11. The molecule has 0 spiro atoms. The summed E-state index contributed by atoms with van der Waals surface area (Å²) in [5, 5.41) is 0.648. The number of aromatic amines is 1. The zero-order valence-electron chi connectivity index (χ0n) is 9.74. The van der Waals surface area contributed by atoms with Gasteiger partial charge in [-0.25, -0.2) is 4.98 Å². The molecule has 6 heteroatoms. The molecule has 0 aliphatic rings. The van der Waals surface area contributed by atoms with Crippen molar-refractivity contribution >= 4 is 38.9 Å². The summed E-state index contributed by atoms with van der Waals surface area (Å²) in [5.74, 6) is 0.188. The van der Waals surface area contributed by atoms with Crippen molar-refractivity contribution in [2.75, 3.05) is 5.88 Å². The summed E-state index contributed by atoms with van der Waals surface area (Å²) >= 11 is 6.96. The fourth-order valence-corrected chi connectivity index (χ4v) is 2.90. The lowest BCUT2D eigenvalue weighted by Crippen LogP contribution is -2.03. The number of carbonyl (C=O) groups is 1. The van der Waals surface area contributed by atoms with Crippen LogP contribution in [0.15, 0.2) is 17.2 Å². The number of halogens is 1. The fourth-order valence-electron chi connectivity index (χ4n) is 1.73. The Hall–Kier alpha value is -1.20. The third kappa shape index (κ3) is 3.17. The average Bonchev–Trinajstić information content (AvgIpc) is 2.79. The normalized spacial score (nSPS) is 10.9. The Balaban J connectivity index is 1.94. The molecule has 1 N–H and O–H groups in total. The van der Waals surface area contributed by atoms with E-state index in [1.54, 1.807) is 0 Å². The monoisotopic (exact) mass is 284 g/mol. The quantitative estimate of drug-likeness (QED) is 0.655. The molecular formula is C12H13ClN2O2S. The predicted octanol–water partition coefficient (Wildman–Crippen LogP) is 2.51. The van der Waals surface area contributed by atoms with E-state index in [1.165, 1.54) is 17.7 Å². The lowest BCUT2D eigenvalue weighted by molar-refractivity contribution is -0.116. The van der Waals surface area contributed by atoms with E-state index in [0.717, 1.165) is 29.0 Å². The number of hydrogen-bond donors (Lipinski definition) is 1. The zero-order chi connectivity index (χ0) is 13.0. The molecule has 0 unspecified atom stereocenters. The van der Waals surface area contributed by atoms with Crippen LogP contribution in [0.4, 0.5) is 0 Å². The first-order chi connectivity index (χ1) is 8.70. The molecule has 96 valence electrons. The maximum absolute atomic E-state index is 11.5. The van der Waals surface area contributed by atoms with Gasteiger partial charge in [0.15, 0.2) is 0 Å². The molecule has 0 saturated carbocycles. The zero-order valence-corrected chi connectivity index (χ0v) is 11.3. The number of aromatic nitrogens is 2. The van der Waals surface area contributed by atoms with Crippen LogP contribution in [0.1, 0.15) is 24.1 Å². The van der Waals surface area contributed by atoms with Crippen LogP contribution in [0, 0.1) is 0 Å². The minimum absolute atomic E-state index is 0.0890. The largest absolute Gasteiger partial charge is 0.313 e. The van der Waals surface area contributed by atoms with Crippen molar-refractivity contribution in [3.8, 4) is 0 Å². The molecule has 0 atom stereocenters. The summed E-state index contributed by atoms with van der Waals surface area (Å²) in [4.78, 5) is 31.1. The Morgan fingerprint density at radius 2 is 2.28 bits per heavy atom. The van der Waals surface area contributed by atoms with E-state index in [0.29, 0.717) is 11.8 Å². The topological polar surface area (TPSA) is 62.8 Å². The van der Waals surface area contributed by atoms with Gasteiger partial charge >= 0.3 is 0 Å². The van der Waals surface area contributed by atoms with Crippen LogP contribution < -0.4 is 5.56 Å². The first-order valence-corrected chi connectivity index (χ1v) is 7.09. The number of alkyl halides is 1. The van der Waals surface area contributed by atoms with Gasteiger partial charge in [-0.1, -0.05) is 0 Å². The highest BCUT2D eigenvalue weighted by atomic mass is 35.5. The number of hydrogen-bond acceptors (Lipinski definition) is 4. The highest BCUT2D eigenvalue weighted by Crippen LogP contribution is 2.22. The lowest BCUT2D eigenvalue weighted by Gasteiger charge is -1.96. The molecule has 2 heterocycles. The minimum atomic E-state index is -0.0974. The molecule has 0 bridgehead atoms. The Kier molecular flexibility index (Phi) is 4.49. The van der Waals surface area contributed by atoms with Crippen LogP contribution in [0.2, 0.25) is 0 Å². The summed E-state index contributed by atoms with van der Waals surface area (Å²) < 4.78 is 0. The van der Waals surface area contributed by atoms with Gasteiger partial charge < -0.3 is 4.98 Å². The summed E-state index contributed by atoms with van der Waals surface area (Å²) in [6.07, 6.45) is 4.59. The molecule has 2 aromatic heterocycles. The van der Waals surface area contributed by atoms with Gasteiger partial charge in [0.2, 0.25) is 0 Å². The van der Waals surface area contributed by atoms with Gasteiger partial charge in [0.05, 0.1) is 17.6 Å². The van der Waals surface area contributed by atoms with Crippen molar-refractivity contribution in [3.63, 3.8) is 0 Å². The first kappa shape index (κ1) is 13.2. The number of fused-ring (bicyclic) bond motifs is 1. The first-order valence-electron chi connectivity index (χ1n) is 5.74. The summed E-state index contributed by atoms with van der Waals surface area (Å²) in [7, 11) is 0. The van der Waals surface area contributed by atoms with Gasteiger partial charge in [-0.3, -0.25) is 9.59 Å². The van der Waals surface area contributed by atoms with Gasteiger partial charge in [-0.05, 0) is 25.3 Å². The summed E-state index contributed by atoms with van der Waals surface area (Å²) in [5.41, 5.74) is -0.0974. The van der Waals surface area contributed by atoms with E-state index in [2.05, 4.69) is 9.97 Å². The smallest absolute Gasteiger partial charge is 0.259 e. The van der Waals surface area contributed by atoms with Gasteiger partial charge in [0, 0.05) is 11.3 Å². The van der Waals surface area contributed by atoms with E-state index in [9.17, 15) is 9.59 Å². The van der Waals surface area contributed by atoms with Crippen LogP contribution in [0.5, 0.6) is 0 Å². The molecule has 0 aliphatic carbocycles. The fraction of sp³-hybridized carbons (Fsp3) is 0.417. The van der Waals surface area contributed by atoms with E-state index in [4.69, 9.17) is 11.6 Å². The minimum Gasteiger partial charge on any atom is -0.313 e. The van der Waals surface area contributed by atoms with Crippen LogP contribution in [-0.4, -0.2) is 21.6 Å². The van der Waals surface area contributed by atoms with E-state index >= 15 is 0 Å². The average molecular weight is 285 g/mol. The van der Waals surface area contributed by atoms with Gasteiger partial charge in [-0.2, -0.15) is 0 Å². The number of thiophene rings is 1. The molecule has 0 aromatic carbocycles. The van der Waals surface area contributed by atoms with Gasteiger partial charge in [-0.15, -0.1) is 22.9 Å². The van der Waals surface area contributed by atoms with Crippen molar-refractivity contribution in [1.82, 2.24) is 9.97 Å². The molecule has 18 heavy (non-hydrogen) atoms. The summed E-state index contributed by atoms with van der Waals surface area (Å²) in [6, 6.07) is 1.88. The molecular weight excluding hydrogens is 272 g/mol. The number of nitrogens with one attached hydrogen (secondary N) is 1. The van der Waals surface area contributed by atoms with Crippen molar-refractivity contribution in [3.05, 3.63) is 27.6 Å². The van der Waals surface area contributed by atoms with Crippen molar-refractivity contribution < 1.29 is 4.79 Å². The predicted molar refractivity (Wildman–Crippen MR) is 73.5 cm³/mol. The number of ketones is 1. The molecule has 0 fully saturated rings. The molecule has 0 saturated heterocycles. The second-order valence-corrected chi connectivity index (χ2v) is 5.43. The molecule has 4 nitrogen and oxygen atoms in total. The van der Waals surface area contributed by atoms with E-state index in [1.807, 2.05) is 6.07 Å². The van der Waals surface area contributed by atoms with Crippen LogP contribution in [-0.2, 0) is 11.2 Å². The summed E-state index contributed by atoms with van der Waals surface area (Å²) in [6.45, 7) is 0. The Morgan fingerprint density at radius 3 is 3.00 bits per heavy atom. The van der Waals surface area contributed by atoms with E-state index in [-0.39, 0.29) is 17.2 Å². The van der Waals surface area contributed by atoms with Gasteiger partial charge in [0.1, 0.15) is 10.6 Å². The van der Waals surface area contributed by atoms with Crippen LogP contribution >= 0.6 is 22.9 Å². The highest BCUT2D eigenvalue weighted by molar-refractivity contribution is 7.18. The number of nitrogens with zero attached hydrogens (tertiary/aromatic N) is 1. The molecule has 2 rings (SSSR count). The lowest BCUT2D eigenvalue weighted by atomic mass is 10.1. The molecule has 0 amide bonds.